The van der Waals surface area contributed by atoms with Crippen molar-refractivity contribution in [2.45, 2.75) is 6.92 Å². The molecule has 6 N–H and O–H groups in total. The van der Waals surface area contributed by atoms with Crippen molar-refractivity contribution < 1.29 is 9.47 Å². The quantitative estimate of drug-likeness (QED) is 0.602. The van der Waals surface area contributed by atoms with Gasteiger partial charge in [-0.2, -0.15) is 0 Å². The Morgan fingerprint density at radius 1 is 0.577 bits per heavy atom. The average molecular weight is 353 g/mol. The highest BCUT2D eigenvalue weighted by molar-refractivity contribution is 5.45. The van der Waals surface area contributed by atoms with Crippen LogP contribution >= 0.6 is 0 Å². The van der Waals surface area contributed by atoms with E-state index in [0.717, 1.165) is 34.1 Å². The van der Waals surface area contributed by atoms with Crippen LogP contribution in [0.25, 0.3) is 0 Å². The van der Waals surface area contributed by atoms with Gasteiger partial charge in [-0.05, 0) is 67.1 Å². The summed E-state index contributed by atoms with van der Waals surface area (Å²) in [7, 11) is 3.26. The van der Waals surface area contributed by atoms with Crippen LogP contribution in [0.15, 0.2) is 72.8 Å². The fourth-order valence-corrected chi connectivity index (χ4v) is 1.79. The van der Waals surface area contributed by atoms with Gasteiger partial charge in [0.2, 0.25) is 0 Å². The summed E-state index contributed by atoms with van der Waals surface area (Å²) in [5.41, 5.74) is 19.9. The zero-order valence-electron chi connectivity index (χ0n) is 15.5. The molecule has 0 spiro atoms. The van der Waals surface area contributed by atoms with Crippen LogP contribution in [0.1, 0.15) is 5.56 Å². The van der Waals surface area contributed by atoms with Crippen molar-refractivity contribution in [2.75, 3.05) is 31.4 Å². The minimum atomic E-state index is 0.760. The molecule has 5 nitrogen and oxygen atoms in total. The highest BCUT2D eigenvalue weighted by atomic mass is 16.5. The van der Waals surface area contributed by atoms with Crippen molar-refractivity contribution >= 4 is 17.1 Å². The largest absolute Gasteiger partial charge is 0.497 e. The minimum Gasteiger partial charge on any atom is -0.497 e. The Kier molecular flexibility index (Phi) is 8.96. The van der Waals surface area contributed by atoms with Gasteiger partial charge in [-0.3, -0.25) is 0 Å². The van der Waals surface area contributed by atoms with Gasteiger partial charge in [0, 0.05) is 17.1 Å². The molecule has 0 saturated heterocycles. The zero-order valence-corrected chi connectivity index (χ0v) is 15.5. The molecule has 0 aromatic heterocycles. The molecule has 0 aliphatic carbocycles. The Balaban J connectivity index is 0.000000195. The molecule has 3 rings (SSSR count). The van der Waals surface area contributed by atoms with E-state index in [9.17, 15) is 0 Å². The first kappa shape index (κ1) is 20.7. The number of hydrogen-bond acceptors (Lipinski definition) is 5. The summed E-state index contributed by atoms with van der Waals surface area (Å²) in [5.74, 6) is 1.67. The van der Waals surface area contributed by atoms with Crippen LogP contribution in [0.4, 0.5) is 17.1 Å². The van der Waals surface area contributed by atoms with Crippen LogP contribution < -0.4 is 26.7 Å². The second-order valence-electron chi connectivity index (χ2n) is 5.40. The summed E-state index contributed by atoms with van der Waals surface area (Å²) in [6.45, 7) is 2.00. The molecule has 0 fully saturated rings. The predicted molar refractivity (Wildman–Crippen MR) is 110 cm³/mol. The van der Waals surface area contributed by atoms with Crippen LogP contribution in [0.5, 0.6) is 11.5 Å². The molecule has 0 bridgehead atoms. The smallest absolute Gasteiger partial charge is 0.119 e. The SMILES string of the molecule is COc1ccc(N)cc1.COc1ccc(N)cc1.Cc1ccccc1N. The first-order valence-corrected chi connectivity index (χ1v) is 8.06. The van der Waals surface area contributed by atoms with Crippen molar-refractivity contribution in [1.82, 2.24) is 0 Å². The van der Waals surface area contributed by atoms with E-state index >= 15 is 0 Å². The third-order valence-corrected chi connectivity index (χ3v) is 3.42. The van der Waals surface area contributed by atoms with Crippen LogP contribution in [-0.4, -0.2) is 14.2 Å². The lowest BCUT2D eigenvalue weighted by molar-refractivity contribution is 0.415. The Hall–Kier alpha value is -3.34. The maximum absolute atomic E-state index is 5.52. The fourth-order valence-electron chi connectivity index (χ4n) is 1.79. The van der Waals surface area contributed by atoms with E-state index in [4.69, 9.17) is 26.7 Å². The number of benzene rings is 3. The number of anilines is 3. The molecule has 0 atom stereocenters. The topological polar surface area (TPSA) is 96.5 Å². The molecule has 0 saturated carbocycles. The molecule has 138 valence electrons. The molecule has 0 aliphatic heterocycles. The van der Waals surface area contributed by atoms with Crippen molar-refractivity contribution in [3.8, 4) is 11.5 Å². The van der Waals surface area contributed by atoms with Gasteiger partial charge in [0.15, 0.2) is 0 Å². The molecule has 0 amide bonds. The first-order chi connectivity index (χ1) is 12.5. The van der Waals surface area contributed by atoms with Gasteiger partial charge in [0.05, 0.1) is 14.2 Å². The normalized spacial score (nSPS) is 9.04. The van der Waals surface area contributed by atoms with E-state index in [2.05, 4.69) is 0 Å². The summed E-state index contributed by atoms with van der Waals surface area (Å²) in [6.07, 6.45) is 0. The Morgan fingerprint density at radius 2 is 0.962 bits per heavy atom. The molecule has 3 aromatic rings. The lowest BCUT2D eigenvalue weighted by Gasteiger charge is -1.97. The van der Waals surface area contributed by atoms with Gasteiger partial charge in [-0.25, -0.2) is 0 Å². The minimum absolute atomic E-state index is 0.760. The number of aryl methyl sites for hydroxylation is 1. The second kappa shape index (κ2) is 11.3. The van der Waals surface area contributed by atoms with Gasteiger partial charge in [0.1, 0.15) is 11.5 Å². The van der Waals surface area contributed by atoms with Crippen LogP contribution in [-0.2, 0) is 0 Å². The lowest BCUT2D eigenvalue weighted by atomic mass is 10.2. The molecule has 5 heteroatoms. The lowest BCUT2D eigenvalue weighted by Crippen LogP contribution is -1.85. The van der Waals surface area contributed by atoms with Crippen LogP contribution in [0, 0.1) is 6.92 Å². The van der Waals surface area contributed by atoms with E-state index in [1.54, 1.807) is 38.5 Å². The fraction of sp³-hybridized carbons (Fsp3) is 0.143. The van der Waals surface area contributed by atoms with Crippen LogP contribution in [0.3, 0.4) is 0 Å². The van der Waals surface area contributed by atoms with E-state index < -0.39 is 0 Å². The molecular weight excluding hydrogens is 326 g/mol. The average Bonchev–Trinajstić information content (AvgIpc) is 2.66. The van der Waals surface area contributed by atoms with Crippen molar-refractivity contribution in [3.05, 3.63) is 78.4 Å². The van der Waals surface area contributed by atoms with Crippen molar-refractivity contribution in [1.29, 1.82) is 0 Å². The number of nitrogen functional groups attached to an aromatic ring is 3. The maximum atomic E-state index is 5.52. The summed E-state index contributed by atoms with van der Waals surface area (Å²) in [4.78, 5) is 0. The summed E-state index contributed by atoms with van der Waals surface area (Å²) >= 11 is 0. The van der Waals surface area contributed by atoms with Crippen LogP contribution in [0.2, 0.25) is 0 Å². The first-order valence-electron chi connectivity index (χ1n) is 8.06. The molecule has 26 heavy (non-hydrogen) atoms. The molecule has 0 unspecified atom stereocenters. The molecule has 3 aromatic carbocycles. The summed E-state index contributed by atoms with van der Waals surface area (Å²) < 4.78 is 9.83. The summed E-state index contributed by atoms with van der Waals surface area (Å²) in [6, 6.07) is 22.3. The highest BCUT2D eigenvalue weighted by Crippen LogP contribution is 2.12. The summed E-state index contributed by atoms with van der Waals surface area (Å²) in [5, 5.41) is 0. The van der Waals surface area contributed by atoms with Gasteiger partial charge >= 0.3 is 0 Å². The zero-order chi connectivity index (χ0) is 19.4. The van der Waals surface area contributed by atoms with Crippen molar-refractivity contribution in [2.24, 2.45) is 0 Å². The number of nitrogens with two attached hydrogens (primary N) is 3. The second-order valence-corrected chi connectivity index (χ2v) is 5.40. The standard InChI is InChI=1S/2C7H9NO.C7H9N/c2*1-9-7-4-2-6(8)3-5-7;1-6-4-2-3-5-7(6)8/h2*2-5H,8H2,1H3;2-5H,8H2,1H3. The Morgan fingerprint density at radius 3 is 1.23 bits per heavy atom. The molecule has 0 heterocycles. The third-order valence-electron chi connectivity index (χ3n) is 3.42. The molecule has 0 radical (unpaired) electrons. The highest BCUT2D eigenvalue weighted by Gasteiger charge is 1.87. The number of para-hydroxylation sites is 1. The van der Waals surface area contributed by atoms with E-state index in [0.29, 0.717) is 0 Å². The van der Waals surface area contributed by atoms with Gasteiger partial charge in [-0.1, -0.05) is 18.2 Å². The van der Waals surface area contributed by atoms with E-state index in [-0.39, 0.29) is 0 Å². The Labute approximate surface area is 155 Å². The Bertz CT molecular complexity index is 690. The van der Waals surface area contributed by atoms with Gasteiger partial charge < -0.3 is 26.7 Å². The number of rotatable bonds is 2. The maximum Gasteiger partial charge on any atom is 0.119 e. The van der Waals surface area contributed by atoms with Gasteiger partial charge in [0.25, 0.3) is 0 Å². The molecule has 0 aliphatic rings. The number of ether oxygens (including phenoxy) is 2. The van der Waals surface area contributed by atoms with Crippen molar-refractivity contribution in [3.63, 3.8) is 0 Å². The molecular formula is C21H27N3O2. The predicted octanol–water partition coefficient (Wildman–Crippen LogP) is 4.13. The monoisotopic (exact) mass is 353 g/mol. The van der Waals surface area contributed by atoms with E-state index in [1.807, 2.05) is 55.5 Å². The number of methoxy groups -OCH3 is 2. The van der Waals surface area contributed by atoms with E-state index in [1.165, 1.54) is 0 Å². The van der Waals surface area contributed by atoms with Gasteiger partial charge in [-0.15, -0.1) is 0 Å². The third kappa shape index (κ3) is 7.97. The number of hydrogen-bond donors (Lipinski definition) is 3.